The Morgan fingerprint density at radius 2 is 1.53 bits per heavy atom. The van der Waals surface area contributed by atoms with Gasteiger partial charge in [0.15, 0.2) is 11.5 Å². The fourth-order valence-electron chi connectivity index (χ4n) is 9.09. The van der Waals surface area contributed by atoms with E-state index in [0.717, 1.165) is 24.4 Å². The third-order valence-corrected chi connectivity index (χ3v) is 11.4. The highest BCUT2D eigenvalue weighted by molar-refractivity contribution is 6.25. The summed E-state index contributed by atoms with van der Waals surface area (Å²) in [6, 6.07) is 21.5. The molecule has 3 heterocycles. The quantitative estimate of drug-likeness (QED) is 0.288. The molecule has 49 heavy (non-hydrogen) atoms. The van der Waals surface area contributed by atoms with Gasteiger partial charge in [-0.25, -0.2) is 4.90 Å². The molecule has 8 rings (SSSR count). The van der Waals surface area contributed by atoms with Crippen molar-refractivity contribution in [1.29, 1.82) is 0 Å². The summed E-state index contributed by atoms with van der Waals surface area (Å²) in [5, 5.41) is 10.6. The lowest BCUT2D eigenvalue weighted by Gasteiger charge is -2.49. The lowest BCUT2D eigenvalue weighted by Crippen LogP contribution is -2.48. The number of anilines is 3. The molecular formula is C39H39N3O7. The molecule has 5 aliphatic rings. The van der Waals surface area contributed by atoms with Gasteiger partial charge < -0.3 is 19.5 Å². The fraction of sp³-hybridized carbons (Fsp3) is 0.385. The van der Waals surface area contributed by atoms with E-state index in [0.29, 0.717) is 43.2 Å². The van der Waals surface area contributed by atoms with Gasteiger partial charge in [0.1, 0.15) is 0 Å². The maximum atomic E-state index is 14.6. The molecule has 3 aromatic rings. The normalized spacial score (nSPS) is 29.5. The van der Waals surface area contributed by atoms with Gasteiger partial charge in [-0.2, -0.15) is 0 Å². The maximum Gasteiger partial charge on any atom is 0.241 e. The van der Waals surface area contributed by atoms with Crippen LogP contribution < -0.4 is 19.4 Å². The van der Waals surface area contributed by atoms with Gasteiger partial charge in [-0.05, 0) is 86.7 Å². The topological polar surface area (TPSA) is 117 Å². The van der Waals surface area contributed by atoms with Crippen LogP contribution in [0.3, 0.4) is 0 Å². The molecule has 0 spiro atoms. The third-order valence-electron chi connectivity index (χ3n) is 11.4. The number of carbonyl (C=O) groups is 4. The number of fused-ring (bicyclic) bond motifs is 4. The number of nitrogens with zero attached hydrogens (tertiary/aromatic N) is 3. The Morgan fingerprint density at radius 3 is 2.24 bits per heavy atom. The molecule has 4 amide bonds. The Hall–Kier alpha value is -4.96. The summed E-state index contributed by atoms with van der Waals surface area (Å²) in [6.45, 7) is 6.87. The second-order valence-electron chi connectivity index (χ2n) is 13.8. The van der Waals surface area contributed by atoms with Gasteiger partial charge in [-0.1, -0.05) is 35.9 Å². The van der Waals surface area contributed by atoms with E-state index in [-0.39, 0.29) is 41.5 Å². The number of rotatable bonds is 6. The minimum Gasteiger partial charge on any atom is -0.504 e. The van der Waals surface area contributed by atoms with Crippen molar-refractivity contribution in [3.63, 3.8) is 0 Å². The van der Waals surface area contributed by atoms with Gasteiger partial charge in [0.05, 0.1) is 54.4 Å². The maximum absolute atomic E-state index is 14.6. The molecule has 3 saturated heterocycles. The molecule has 0 bridgehead atoms. The molecule has 252 valence electrons. The van der Waals surface area contributed by atoms with Crippen LogP contribution >= 0.6 is 0 Å². The van der Waals surface area contributed by atoms with E-state index < -0.39 is 35.0 Å². The molecule has 0 radical (unpaired) electrons. The highest BCUT2D eigenvalue weighted by Crippen LogP contribution is 2.64. The number of morpholine rings is 1. The second kappa shape index (κ2) is 11.9. The Balaban J connectivity index is 1.19. The zero-order valence-corrected chi connectivity index (χ0v) is 27.6. The van der Waals surface area contributed by atoms with E-state index in [1.165, 1.54) is 9.80 Å². The Morgan fingerprint density at radius 1 is 0.837 bits per heavy atom. The number of amides is 4. The number of para-hydroxylation sites is 1. The van der Waals surface area contributed by atoms with Gasteiger partial charge in [0, 0.05) is 24.7 Å². The monoisotopic (exact) mass is 661 g/mol. The van der Waals surface area contributed by atoms with E-state index >= 15 is 0 Å². The van der Waals surface area contributed by atoms with Crippen molar-refractivity contribution >= 4 is 40.7 Å². The Labute approximate surface area is 284 Å². The first kappa shape index (κ1) is 31.3. The number of imide groups is 2. The van der Waals surface area contributed by atoms with Crippen LogP contribution in [-0.4, -0.2) is 61.6 Å². The number of benzene rings is 3. The van der Waals surface area contributed by atoms with Crippen molar-refractivity contribution in [1.82, 2.24) is 0 Å². The number of phenols is 1. The minimum absolute atomic E-state index is 0.0241. The fourth-order valence-corrected chi connectivity index (χ4v) is 9.09. The van der Waals surface area contributed by atoms with E-state index in [4.69, 9.17) is 9.47 Å². The average molecular weight is 662 g/mol. The number of allylic oxidation sites excluding steroid dienone is 2. The molecule has 6 atom stereocenters. The predicted octanol–water partition coefficient (Wildman–Crippen LogP) is 5.06. The van der Waals surface area contributed by atoms with Gasteiger partial charge in [0.2, 0.25) is 23.6 Å². The zero-order valence-electron chi connectivity index (χ0n) is 27.6. The van der Waals surface area contributed by atoms with Gasteiger partial charge in [0.25, 0.3) is 0 Å². The number of hydrogen-bond acceptors (Lipinski definition) is 8. The second-order valence-corrected chi connectivity index (χ2v) is 13.8. The molecular weight excluding hydrogens is 622 g/mol. The lowest BCUT2D eigenvalue weighted by molar-refractivity contribution is -0.131. The van der Waals surface area contributed by atoms with E-state index in [2.05, 4.69) is 4.90 Å². The zero-order chi connectivity index (χ0) is 34.0. The highest BCUT2D eigenvalue weighted by atomic mass is 16.5. The SMILES string of the molecule is CCOc1cc([C@H]2C3=CC[C@@H]4C(=O)N(c5ccc(N6CCOCC6)cc5)C(=O)[C@@H]4[C@@H]3C[C@H]3C(=O)N(c4ccccc4)C(=O)[C@@]23C)ccc1O. The molecule has 10 heteroatoms. The van der Waals surface area contributed by atoms with Crippen LogP contribution in [-0.2, 0) is 23.9 Å². The molecule has 2 aliphatic carbocycles. The first-order valence-corrected chi connectivity index (χ1v) is 17.1. The van der Waals surface area contributed by atoms with Crippen LogP contribution in [0.25, 0.3) is 0 Å². The van der Waals surface area contributed by atoms with Crippen LogP contribution in [0.2, 0.25) is 0 Å². The predicted molar refractivity (Wildman–Crippen MR) is 182 cm³/mol. The van der Waals surface area contributed by atoms with E-state index in [9.17, 15) is 24.3 Å². The summed E-state index contributed by atoms with van der Waals surface area (Å²) < 4.78 is 11.2. The first-order chi connectivity index (χ1) is 23.7. The number of carbonyl (C=O) groups excluding carboxylic acids is 4. The lowest BCUT2D eigenvalue weighted by atomic mass is 9.51. The number of hydrogen-bond donors (Lipinski definition) is 1. The van der Waals surface area contributed by atoms with Crippen molar-refractivity contribution in [2.75, 3.05) is 47.6 Å². The summed E-state index contributed by atoms with van der Waals surface area (Å²) in [6.07, 6.45) is 2.65. The molecule has 3 aromatic carbocycles. The third kappa shape index (κ3) is 4.71. The van der Waals surface area contributed by atoms with Crippen molar-refractivity contribution in [2.24, 2.45) is 29.1 Å². The van der Waals surface area contributed by atoms with Crippen LogP contribution in [0, 0.1) is 29.1 Å². The number of phenolic OH excluding ortho intramolecular Hbond substituents is 1. The first-order valence-electron chi connectivity index (χ1n) is 17.1. The Kier molecular flexibility index (Phi) is 7.59. The van der Waals surface area contributed by atoms with E-state index in [1.807, 2.05) is 50.3 Å². The van der Waals surface area contributed by atoms with Crippen molar-refractivity contribution < 1.29 is 33.8 Å². The summed E-state index contributed by atoms with van der Waals surface area (Å²) in [4.78, 5) is 62.3. The molecule has 1 N–H and O–H groups in total. The number of aromatic hydroxyl groups is 1. The summed E-state index contributed by atoms with van der Waals surface area (Å²) >= 11 is 0. The molecule has 3 aliphatic heterocycles. The highest BCUT2D eigenvalue weighted by Gasteiger charge is 2.67. The van der Waals surface area contributed by atoms with Gasteiger partial charge in [-0.15, -0.1) is 0 Å². The summed E-state index contributed by atoms with van der Waals surface area (Å²) in [5.41, 5.74) is 2.46. The van der Waals surface area contributed by atoms with Crippen LogP contribution in [0.1, 0.15) is 38.2 Å². The van der Waals surface area contributed by atoms with E-state index in [1.54, 1.807) is 42.5 Å². The average Bonchev–Trinajstić information content (AvgIpc) is 3.49. The van der Waals surface area contributed by atoms with Crippen molar-refractivity contribution in [3.8, 4) is 11.5 Å². The van der Waals surface area contributed by atoms with Crippen LogP contribution in [0.4, 0.5) is 17.1 Å². The molecule has 4 fully saturated rings. The minimum atomic E-state index is -1.18. The van der Waals surface area contributed by atoms with Crippen molar-refractivity contribution in [3.05, 3.63) is 90.0 Å². The largest absolute Gasteiger partial charge is 0.504 e. The smallest absolute Gasteiger partial charge is 0.241 e. The molecule has 10 nitrogen and oxygen atoms in total. The molecule has 0 unspecified atom stereocenters. The van der Waals surface area contributed by atoms with Crippen molar-refractivity contribution in [2.45, 2.75) is 32.6 Å². The van der Waals surface area contributed by atoms with Crippen LogP contribution in [0.15, 0.2) is 84.4 Å². The van der Waals surface area contributed by atoms with Gasteiger partial charge >= 0.3 is 0 Å². The summed E-state index contributed by atoms with van der Waals surface area (Å²) in [5.74, 6) is -3.86. The number of ether oxygens (including phenoxy) is 2. The standard InChI is InChI=1S/C39H39N3O7/c1-3-49-32-21-23(9-16-31(32)43)34-27-14-15-28-33(29(27)22-30-36(45)42(38(47)39(30,34)2)25-7-5-4-6-8-25)37(46)41(35(28)44)26-12-10-24(11-13-26)40-17-19-48-20-18-40/h4-14,16,21,28-30,33-34,43H,3,15,17-20,22H2,1-2H3/t28-,29+,30-,33-,34-,39+/m0/s1. The molecule has 1 saturated carbocycles. The van der Waals surface area contributed by atoms with Gasteiger partial charge in [-0.3, -0.25) is 24.1 Å². The van der Waals surface area contributed by atoms with Crippen LogP contribution in [0.5, 0.6) is 11.5 Å². The Bertz CT molecular complexity index is 1870. The summed E-state index contributed by atoms with van der Waals surface area (Å²) in [7, 11) is 0. The molecule has 0 aromatic heterocycles.